The van der Waals surface area contributed by atoms with Crippen molar-refractivity contribution in [2.24, 2.45) is 0 Å². The average Bonchev–Trinajstić information content (AvgIpc) is 3.21. The number of carbonyl (C=O) groups is 1. The molecule has 0 amide bonds. The predicted octanol–water partition coefficient (Wildman–Crippen LogP) is 4.87. The molecule has 130 valence electrons. The number of rotatable bonds is 6. The molecule has 0 aromatic carbocycles. The number of aromatic nitrogens is 3. The fourth-order valence-electron chi connectivity index (χ4n) is 2.47. The lowest BCUT2D eigenvalue weighted by Crippen LogP contribution is -2.07. The normalized spacial score (nSPS) is 11.0. The van der Waals surface area contributed by atoms with E-state index in [1.807, 2.05) is 38.3 Å². The van der Waals surface area contributed by atoms with Crippen molar-refractivity contribution in [2.75, 3.05) is 0 Å². The minimum absolute atomic E-state index is 0.0150. The molecule has 3 heterocycles. The van der Waals surface area contributed by atoms with E-state index in [4.69, 9.17) is 4.42 Å². The summed E-state index contributed by atoms with van der Waals surface area (Å²) in [5.41, 5.74) is 2.21. The number of Topliss-reactive ketones (excluding diaryl/α,β-unsaturated/α-hetero) is 1. The molecule has 5 nitrogen and oxygen atoms in total. The van der Waals surface area contributed by atoms with Gasteiger partial charge in [-0.15, -0.1) is 11.3 Å². The molecule has 0 atom stereocenters. The second-order valence-corrected chi connectivity index (χ2v) is 7.51. The molecular formula is C18H19N3O2S2. The molecular weight excluding hydrogens is 354 g/mol. The number of oxazole rings is 1. The molecule has 0 spiro atoms. The third-order valence-corrected chi connectivity index (χ3v) is 5.59. The van der Waals surface area contributed by atoms with E-state index in [2.05, 4.69) is 15.0 Å². The summed E-state index contributed by atoms with van der Waals surface area (Å²) in [5, 5.41) is 2.72. The molecule has 0 aliphatic carbocycles. The number of nitrogens with zero attached hydrogens (tertiary/aromatic N) is 3. The van der Waals surface area contributed by atoms with Crippen LogP contribution in [0.4, 0.5) is 0 Å². The molecule has 7 heteroatoms. The number of ketones is 1. The van der Waals surface area contributed by atoms with Gasteiger partial charge in [0.2, 0.25) is 5.89 Å². The SMILES string of the molecule is CCc1nc(C)c(C(C)=O)c(SCc2nc(-c3cccs3)oc2C)n1. The van der Waals surface area contributed by atoms with Crippen LogP contribution in [0.5, 0.6) is 0 Å². The second-order valence-electron chi connectivity index (χ2n) is 5.60. The van der Waals surface area contributed by atoms with Crippen LogP contribution in [0.3, 0.4) is 0 Å². The molecule has 3 rings (SSSR count). The van der Waals surface area contributed by atoms with Gasteiger partial charge in [0.05, 0.1) is 21.8 Å². The Labute approximate surface area is 154 Å². The number of carbonyl (C=O) groups excluding carboxylic acids is 1. The fourth-order valence-corrected chi connectivity index (χ4v) is 4.27. The number of thioether (sulfide) groups is 1. The lowest BCUT2D eigenvalue weighted by Gasteiger charge is -2.09. The number of hydrogen-bond donors (Lipinski definition) is 0. The van der Waals surface area contributed by atoms with Gasteiger partial charge in [-0.05, 0) is 32.2 Å². The maximum absolute atomic E-state index is 12.0. The molecule has 0 N–H and O–H groups in total. The number of hydrogen-bond acceptors (Lipinski definition) is 7. The average molecular weight is 374 g/mol. The summed E-state index contributed by atoms with van der Waals surface area (Å²) in [6, 6.07) is 3.96. The largest absolute Gasteiger partial charge is 0.440 e. The molecule has 0 aliphatic rings. The lowest BCUT2D eigenvalue weighted by molar-refractivity contribution is 0.101. The summed E-state index contributed by atoms with van der Waals surface area (Å²) >= 11 is 3.10. The molecule has 0 aliphatic heterocycles. The molecule has 0 bridgehead atoms. The van der Waals surface area contributed by atoms with Gasteiger partial charge in [0.25, 0.3) is 0 Å². The summed E-state index contributed by atoms with van der Waals surface area (Å²) in [6.45, 7) is 7.33. The Morgan fingerprint density at radius 3 is 2.72 bits per heavy atom. The molecule has 0 saturated heterocycles. The van der Waals surface area contributed by atoms with Gasteiger partial charge < -0.3 is 4.42 Å². The van der Waals surface area contributed by atoms with Crippen LogP contribution in [-0.4, -0.2) is 20.7 Å². The van der Waals surface area contributed by atoms with E-state index in [9.17, 15) is 4.79 Å². The van der Waals surface area contributed by atoms with E-state index in [0.717, 1.165) is 39.3 Å². The Morgan fingerprint density at radius 1 is 1.28 bits per heavy atom. The van der Waals surface area contributed by atoms with Crippen LogP contribution < -0.4 is 0 Å². The minimum Gasteiger partial charge on any atom is -0.440 e. The monoisotopic (exact) mass is 373 g/mol. The minimum atomic E-state index is -0.0150. The zero-order chi connectivity index (χ0) is 18.0. The summed E-state index contributed by atoms with van der Waals surface area (Å²) in [7, 11) is 0. The smallest absolute Gasteiger partial charge is 0.236 e. The number of thiophene rings is 1. The molecule has 0 unspecified atom stereocenters. The highest BCUT2D eigenvalue weighted by Crippen LogP contribution is 2.31. The molecule has 0 saturated carbocycles. The van der Waals surface area contributed by atoms with Gasteiger partial charge in [0.1, 0.15) is 16.6 Å². The summed E-state index contributed by atoms with van der Waals surface area (Å²) < 4.78 is 5.78. The van der Waals surface area contributed by atoms with Crippen molar-refractivity contribution in [1.29, 1.82) is 0 Å². The van der Waals surface area contributed by atoms with Crippen LogP contribution in [0.15, 0.2) is 27.0 Å². The van der Waals surface area contributed by atoms with E-state index in [-0.39, 0.29) is 5.78 Å². The van der Waals surface area contributed by atoms with E-state index in [1.54, 1.807) is 18.3 Å². The lowest BCUT2D eigenvalue weighted by atomic mass is 10.2. The summed E-state index contributed by atoms with van der Waals surface area (Å²) in [5.74, 6) is 2.77. The summed E-state index contributed by atoms with van der Waals surface area (Å²) in [4.78, 5) is 26.6. The van der Waals surface area contributed by atoms with Crippen LogP contribution in [0.2, 0.25) is 0 Å². The fraction of sp³-hybridized carbons (Fsp3) is 0.333. The van der Waals surface area contributed by atoms with Gasteiger partial charge in [0, 0.05) is 12.2 Å². The molecule has 3 aromatic heterocycles. The standard InChI is InChI=1S/C18H19N3O2S2/c1-5-15-19-10(2)16(11(3)22)18(21-15)25-9-13-12(4)23-17(20-13)14-7-6-8-24-14/h6-8H,5,9H2,1-4H3. The van der Waals surface area contributed by atoms with E-state index >= 15 is 0 Å². The Hall–Kier alpha value is -1.99. The Morgan fingerprint density at radius 2 is 2.08 bits per heavy atom. The molecule has 3 aromatic rings. The molecule has 0 fully saturated rings. The van der Waals surface area contributed by atoms with E-state index < -0.39 is 0 Å². The molecule has 0 radical (unpaired) electrons. The first-order valence-electron chi connectivity index (χ1n) is 8.01. The van der Waals surface area contributed by atoms with Crippen molar-refractivity contribution in [1.82, 2.24) is 15.0 Å². The highest BCUT2D eigenvalue weighted by molar-refractivity contribution is 7.98. The van der Waals surface area contributed by atoms with Crippen LogP contribution >= 0.6 is 23.1 Å². The van der Waals surface area contributed by atoms with Crippen molar-refractivity contribution in [3.05, 3.63) is 46.0 Å². The van der Waals surface area contributed by atoms with Gasteiger partial charge in [-0.1, -0.05) is 24.8 Å². The van der Waals surface area contributed by atoms with E-state index in [1.165, 1.54) is 11.8 Å². The van der Waals surface area contributed by atoms with Crippen molar-refractivity contribution in [3.63, 3.8) is 0 Å². The third-order valence-electron chi connectivity index (χ3n) is 3.74. The Balaban J connectivity index is 1.87. The van der Waals surface area contributed by atoms with Crippen molar-refractivity contribution in [3.8, 4) is 10.8 Å². The van der Waals surface area contributed by atoms with Gasteiger partial charge in [-0.2, -0.15) is 0 Å². The highest BCUT2D eigenvalue weighted by atomic mass is 32.2. The first-order valence-corrected chi connectivity index (χ1v) is 9.87. The third kappa shape index (κ3) is 3.82. The molecule has 25 heavy (non-hydrogen) atoms. The predicted molar refractivity (Wildman–Crippen MR) is 100 cm³/mol. The van der Waals surface area contributed by atoms with Gasteiger partial charge in [0.15, 0.2) is 5.78 Å². The van der Waals surface area contributed by atoms with Gasteiger partial charge >= 0.3 is 0 Å². The second kappa shape index (κ2) is 7.49. The maximum Gasteiger partial charge on any atom is 0.236 e. The Bertz CT molecular complexity index is 901. The van der Waals surface area contributed by atoms with Crippen LogP contribution in [0, 0.1) is 13.8 Å². The van der Waals surface area contributed by atoms with Crippen LogP contribution in [-0.2, 0) is 12.2 Å². The first-order chi connectivity index (χ1) is 12.0. The zero-order valence-corrected chi connectivity index (χ0v) is 16.3. The maximum atomic E-state index is 12.0. The van der Waals surface area contributed by atoms with Crippen molar-refractivity contribution in [2.45, 2.75) is 44.9 Å². The quantitative estimate of drug-likeness (QED) is 0.349. The highest BCUT2D eigenvalue weighted by Gasteiger charge is 2.18. The topological polar surface area (TPSA) is 68.9 Å². The van der Waals surface area contributed by atoms with Crippen LogP contribution in [0.1, 0.15) is 47.2 Å². The number of aryl methyl sites for hydroxylation is 3. The van der Waals surface area contributed by atoms with E-state index in [0.29, 0.717) is 17.2 Å². The summed E-state index contributed by atoms with van der Waals surface area (Å²) in [6.07, 6.45) is 0.734. The van der Waals surface area contributed by atoms with Gasteiger partial charge in [-0.25, -0.2) is 15.0 Å². The first kappa shape index (κ1) is 17.8. The van der Waals surface area contributed by atoms with Crippen LogP contribution in [0.25, 0.3) is 10.8 Å². The zero-order valence-electron chi connectivity index (χ0n) is 14.6. The van der Waals surface area contributed by atoms with Crippen molar-refractivity contribution < 1.29 is 9.21 Å². The van der Waals surface area contributed by atoms with Gasteiger partial charge in [-0.3, -0.25) is 4.79 Å². The van der Waals surface area contributed by atoms with Crippen molar-refractivity contribution >= 4 is 28.9 Å². The Kier molecular flexibility index (Phi) is 5.34.